The maximum atomic E-state index is 12.9. The Bertz CT molecular complexity index is 1030. The summed E-state index contributed by atoms with van der Waals surface area (Å²) in [4.78, 5) is 38.1. The molecule has 0 aromatic rings. The Kier molecular flexibility index (Phi) is 55.0. The van der Waals surface area contributed by atoms with Crippen molar-refractivity contribution in [1.29, 1.82) is 0 Å². The fourth-order valence-corrected chi connectivity index (χ4v) is 9.60. The zero-order valence-electron chi connectivity index (χ0n) is 46.6. The van der Waals surface area contributed by atoms with E-state index in [-0.39, 0.29) is 31.1 Å². The molecule has 0 aliphatic rings. The summed E-state index contributed by atoms with van der Waals surface area (Å²) in [7, 11) is 0. The van der Waals surface area contributed by atoms with E-state index < -0.39 is 6.10 Å². The molecule has 1 unspecified atom stereocenters. The van der Waals surface area contributed by atoms with Crippen LogP contribution < -0.4 is 0 Å². The molecule has 6 nitrogen and oxygen atoms in total. The first-order valence-electron chi connectivity index (χ1n) is 30.9. The molecule has 0 aromatic heterocycles. The van der Waals surface area contributed by atoms with Crippen LogP contribution in [0.25, 0.3) is 0 Å². The highest BCUT2D eigenvalue weighted by atomic mass is 16.6. The van der Waals surface area contributed by atoms with Crippen molar-refractivity contribution in [1.82, 2.24) is 0 Å². The monoisotopic (exact) mass is 961 g/mol. The molecule has 0 aliphatic heterocycles. The SMILES string of the molecule is CCCCCCCCCCCCCCCCCCCCCC(=O)O[C@@H](COC(=O)CCCCCCCCCCC)COC(=O)CCCCCCCCCCCCCCCCCCCCC(C)CC. The first-order valence-corrected chi connectivity index (χ1v) is 30.9. The molecule has 0 radical (unpaired) electrons. The predicted octanol–water partition coefficient (Wildman–Crippen LogP) is 20.6. The molecule has 0 heterocycles. The van der Waals surface area contributed by atoms with E-state index in [9.17, 15) is 14.4 Å². The molecule has 0 spiro atoms. The van der Waals surface area contributed by atoms with Crippen LogP contribution in [0.4, 0.5) is 0 Å². The third kappa shape index (κ3) is 53.8. The molecule has 0 N–H and O–H groups in total. The second-order valence-corrected chi connectivity index (χ2v) is 21.6. The van der Waals surface area contributed by atoms with E-state index in [1.807, 2.05) is 0 Å². The van der Waals surface area contributed by atoms with Crippen LogP contribution in [0, 0.1) is 5.92 Å². The highest BCUT2D eigenvalue weighted by Gasteiger charge is 2.19. The third-order valence-corrected chi connectivity index (χ3v) is 14.7. The fraction of sp³-hybridized carbons (Fsp3) is 0.952. The van der Waals surface area contributed by atoms with Gasteiger partial charge < -0.3 is 14.2 Å². The van der Waals surface area contributed by atoms with Gasteiger partial charge in [0.25, 0.3) is 0 Å². The summed E-state index contributed by atoms with van der Waals surface area (Å²) in [5.41, 5.74) is 0. The summed E-state index contributed by atoms with van der Waals surface area (Å²) < 4.78 is 16.9. The van der Waals surface area contributed by atoms with Crippen LogP contribution in [0.5, 0.6) is 0 Å². The molecule has 2 atom stereocenters. The lowest BCUT2D eigenvalue weighted by atomic mass is 9.99. The molecular formula is C62H120O6. The number of unbranched alkanes of at least 4 members (excludes halogenated alkanes) is 43. The van der Waals surface area contributed by atoms with Crippen LogP contribution in [0.3, 0.4) is 0 Å². The second kappa shape index (κ2) is 56.3. The van der Waals surface area contributed by atoms with Crippen LogP contribution in [0.2, 0.25) is 0 Å². The average Bonchev–Trinajstić information content (AvgIpc) is 3.34. The zero-order chi connectivity index (χ0) is 49.5. The van der Waals surface area contributed by atoms with E-state index >= 15 is 0 Å². The largest absolute Gasteiger partial charge is 0.462 e. The molecule has 0 aliphatic carbocycles. The van der Waals surface area contributed by atoms with E-state index in [1.165, 1.54) is 250 Å². The van der Waals surface area contributed by atoms with E-state index in [0.29, 0.717) is 19.3 Å². The van der Waals surface area contributed by atoms with Gasteiger partial charge in [-0.1, -0.05) is 317 Å². The number of ether oxygens (including phenoxy) is 3. The van der Waals surface area contributed by atoms with Crippen molar-refractivity contribution in [2.45, 2.75) is 361 Å². The molecule has 6 heteroatoms. The molecule has 0 rings (SSSR count). The van der Waals surface area contributed by atoms with E-state index in [4.69, 9.17) is 14.2 Å². The number of carbonyl (C=O) groups excluding carboxylic acids is 3. The minimum absolute atomic E-state index is 0.0617. The Morgan fingerprint density at radius 2 is 0.515 bits per heavy atom. The van der Waals surface area contributed by atoms with Crippen molar-refractivity contribution in [3.63, 3.8) is 0 Å². The second-order valence-electron chi connectivity index (χ2n) is 21.6. The molecule has 0 fully saturated rings. The minimum Gasteiger partial charge on any atom is -0.462 e. The van der Waals surface area contributed by atoms with Crippen molar-refractivity contribution in [2.75, 3.05) is 13.2 Å². The lowest BCUT2D eigenvalue weighted by Crippen LogP contribution is -2.30. The van der Waals surface area contributed by atoms with Crippen molar-refractivity contribution in [3.05, 3.63) is 0 Å². The highest BCUT2D eigenvalue weighted by molar-refractivity contribution is 5.71. The van der Waals surface area contributed by atoms with Gasteiger partial charge in [0.05, 0.1) is 0 Å². The number of esters is 3. The lowest BCUT2D eigenvalue weighted by molar-refractivity contribution is -0.167. The van der Waals surface area contributed by atoms with E-state index in [0.717, 1.165) is 63.7 Å². The average molecular weight is 962 g/mol. The summed E-state index contributed by atoms with van der Waals surface area (Å²) >= 11 is 0. The third-order valence-electron chi connectivity index (χ3n) is 14.7. The maximum absolute atomic E-state index is 12.9. The zero-order valence-corrected chi connectivity index (χ0v) is 46.6. The normalized spacial score (nSPS) is 12.4. The van der Waals surface area contributed by atoms with Crippen LogP contribution >= 0.6 is 0 Å². The summed E-state index contributed by atoms with van der Waals surface area (Å²) in [6.45, 7) is 9.10. The number of rotatable bonds is 57. The van der Waals surface area contributed by atoms with Crippen LogP contribution in [-0.4, -0.2) is 37.2 Å². The molecular weight excluding hydrogens is 841 g/mol. The highest BCUT2D eigenvalue weighted by Crippen LogP contribution is 2.19. The molecule has 0 saturated heterocycles. The van der Waals surface area contributed by atoms with Crippen molar-refractivity contribution in [2.24, 2.45) is 5.92 Å². The standard InChI is InChI=1S/C62H120O6/c1-5-8-10-12-14-16-17-18-19-20-21-26-29-32-35-39-43-47-51-55-62(65)68-59(56-66-60(63)53-49-45-41-36-15-13-11-9-6-2)57-67-61(64)54-50-46-42-38-34-31-28-25-23-22-24-27-30-33-37-40-44-48-52-58(4)7-3/h58-59H,5-57H2,1-4H3/t58?,59-/m0/s1. The minimum atomic E-state index is -0.761. The Labute approximate surface area is 425 Å². The van der Waals surface area contributed by atoms with Crippen molar-refractivity contribution < 1.29 is 28.6 Å². The molecule has 68 heavy (non-hydrogen) atoms. The molecule has 0 aromatic carbocycles. The van der Waals surface area contributed by atoms with Crippen LogP contribution in [0.1, 0.15) is 355 Å². The summed E-state index contributed by atoms with van der Waals surface area (Å²) in [5.74, 6) is 0.0751. The number of carbonyl (C=O) groups is 3. The van der Waals surface area contributed by atoms with Gasteiger partial charge in [0, 0.05) is 19.3 Å². The van der Waals surface area contributed by atoms with Gasteiger partial charge in [0.15, 0.2) is 6.10 Å². The number of hydrogen-bond acceptors (Lipinski definition) is 6. The molecule has 0 amide bonds. The topological polar surface area (TPSA) is 78.9 Å². The van der Waals surface area contributed by atoms with Crippen LogP contribution in [0.15, 0.2) is 0 Å². The van der Waals surface area contributed by atoms with Crippen LogP contribution in [-0.2, 0) is 28.6 Å². The molecule has 0 bridgehead atoms. The molecule has 404 valence electrons. The fourth-order valence-electron chi connectivity index (χ4n) is 9.60. The Morgan fingerprint density at radius 3 is 0.765 bits per heavy atom. The lowest BCUT2D eigenvalue weighted by Gasteiger charge is -2.18. The summed E-state index contributed by atoms with van der Waals surface area (Å²) in [6.07, 6.45) is 62.5. The first-order chi connectivity index (χ1) is 33.4. The first kappa shape index (κ1) is 66.4. The van der Waals surface area contributed by atoms with Gasteiger partial charge in [0.1, 0.15) is 13.2 Å². The van der Waals surface area contributed by atoms with Gasteiger partial charge in [-0.2, -0.15) is 0 Å². The smallest absolute Gasteiger partial charge is 0.306 e. The Balaban J connectivity index is 4.16. The van der Waals surface area contributed by atoms with Crippen molar-refractivity contribution >= 4 is 17.9 Å². The Morgan fingerprint density at radius 1 is 0.294 bits per heavy atom. The maximum Gasteiger partial charge on any atom is 0.306 e. The summed E-state index contributed by atoms with van der Waals surface area (Å²) in [5, 5.41) is 0. The van der Waals surface area contributed by atoms with E-state index in [2.05, 4.69) is 27.7 Å². The van der Waals surface area contributed by atoms with Gasteiger partial charge in [-0.05, 0) is 25.2 Å². The van der Waals surface area contributed by atoms with Gasteiger partial charge in [-0.25, -0.2) is 0 Å². The van der Waals surface area contributed by atoms with Gasteiger partial charge in [-0.15, -0.1) is 0 Å². The number of hydrogen-bond donors (Lipinski definition) is 0. The van der Waals surface area contributed by atoms with E-state index in [1.54, 1.807) is 0 Å². The quantitative estimate of drug-likeness (QED) is 0.0343. The molecule has 0 saturated carbocycles. The van der Waals surface area contributed by atoms with Gasteiger partial charge in [0.2, 0.25) is 0 Å². The summed E-state index contributed by atoms with van der Waals surface area (Å²) in [6, 6.07) is 0. The van der Waals surface area contributed by atoms with Crippen molar-refractivity contribution in [3.8, 4) is 0 Å². The Hall–Kier alpha value is -1.59. The van der Waals surface area contributed by atoms with Gasteiger partial charge >= 0.3 is 17.9 Å². The van der Waals surface area contributed by atoms with Gasteiger partial charge in [-0.3, -0.25) is 14.4 Å². The predicted molar refractivity (Wildman–Crippen MR) is 293 cm³/mol.